The van der Waals surface area contributed by atoms with E-state index in [9.17, 15) is 9.36 Å². The summed E-state index contributed by atoms with van der Waals surface area (Å²) in [6.45, 7) is 0. The van der Waals surface area contributed by atoms with Crippen LogP contribution in [0.2, 0.25) is 0 Å². The molecule has 1 aliphatic heterocycles. The number of carboxylic acid groups (broad SMARTS) is 1. The molecule has 1 fully saturated rings. The predicted molar refractivity (Wildman–Crippen MR) is 93.8 cm³/mol. The Hall–Kier alpha value is -0.410. The Kier molecular flexibility index (Phi) is 8.78. The molecule has 2 heterocycles. The van der Waals surface area contributed by atoms with Gasteiger partial charge in [0.2, 0.25) is 0 Å². The van der Waals surface area contributed by atoms with Crippen LogP contribution in [0.3, 0.4) is 0 Å². The van der Waals surface area contributed by atoms with Crippen LogP contribution in [-0.2, 0) is 9.36 Å². The Morgan fingerprint density at radius 3 is 2.57 bits per heavy atom. The van der Waals surface area contributed by atoms with E-state index in [1.165, 1.54) is 11.3 Å². The molecule has 0 saturated carbocycles. The van der Waals surface area contributed by atoms with Crippen molar-refractivity contribution in [3.05, 3.63) is 22.4 Å². The maximum Gasteiger partial charge on any atom is 0.327 e. The first-order chi connectivity index (χ1) is 10.7. The zero-order valence-corrected chi connectivity index (χ0v) is 15.1. The molecular formula is C13H23N2O5PS2. The van der Waals surface area contributed by atoms with Gasteiger partial charge in [-0.15, -0.1) is 0 Å². The summed E-state index contributed by atoms with van der Waals surface area (Å²) in [6, 6.07) is 0.557. The third kappa shape index (κ3) is 8.85. The fraction of sp³-hybridized carbons (Fsp3) is 0.615. The lowest BCUT2D eigenvalue weighted by Crippen LogP contribution is -2.32. The van der Waals surface area contributed by atoms with Gasteiger partial charge in [0, 0.05) is 6.04 Å². The quantitative estimate of drug-likeness (QED) is 0.465. The Morgan fingerprint density at radius 2 is 2.13 bits per heavy atom. The molecular weight excluding hydrogens is 359 g/mol. The molecule has 2 rings (SSSR count). The van der Waals surface area contributed by atoms with Crippen molar-refractivity contribution in [2.24, 2.45) is 17.4 Å². The number of nitrogens with two attached hydrogens (primary N) is 2. The lowest BCUT2D eigenvalue weighted by molar-refractivity contribution is -0.138. The topological polar surface area (TPSA) is 147 Å². The molecule has 0 aromatic carbocycles. The molecule has 1 aromatic heterocycles. The van der Waals surface area contributed by atoms with E-state index in [4.69, 9.17) is 26.4 Å². The Morgan fingerprint density at radius 1 is 1.43 bits per heavy atom. The number of aliphatic carboxylic acids is 1. The van der Waals surface area contributed by atoms with Crippen LogP contribution in [0.15, 0.2) is 16.8 Å². The smallest absolute Gasteiger partial charge is 0.327 e. The number of rotatable bonds is 6. The van der Waals surface area contributed by atoms with E-state index in [-0.39, 0.29) is 6.16 Å². The van der Waals surface area contributed by atoms with E-state index in [1.54, 1.807) is 11.4 Å². The van der Waals surface area contributed by atoms with Gasteiger partial charge < -0.3 is 26.4 Å². The molecule has 7 N–H and O–H groups in total. The number of hydrogen-bond donors (Lipinski definition) is 5. The van der Waals surface area contributed by atoms with Gasteiger partial charge in [0.25, 0.3) is 0 Å². The minimum Gasteiger partial charge on any atom is -0.480 e. The molecule has 132 valence electrons. The number of hydrogen-bond acceptors (Lipinski definition) is 6. The number of thiophene rings is 1. The molecule has 23 heavy (non-hydrogen) atoms. The maximum atomic E-state index is 10.6. The van der Waals surface area contributed by atoms with E-state index in [0.29, 0.717) is 12.3 Å². The van der Waals surface area contributed by atoms with Gasteiger partial charge in [-0.3, -0.25) is 9.36 Å². The monoisotopic (exact) mass is 382 g/mol. The van der Waals surface area contributed by atoms with Crippen LogP contribution in [0.25, 0.3) is 0 Å². The first-order valence-electron chi connectivity index (χ1n) is 7.07. The van der Waals surface area contributed by atoms with Gasteiger partial charge in [0.1, 0.15) is 6.04 Å². The normalized spacial score (nSPS) is 20.4. The first kappa shape index (κ1) is 20.6. The highest BCUT2D eigenvalue weighted by atomic mass is 32.2. The molecule has 0 radical (unpaired) electrons. The standard InChI is InChI=1S/C7H13NO2S.C6H10NO3PS/c8-6(7(9)10)3-5-1-2-11-4-5;7-6(3-11(8,9)10)5-1-2-12-4-5/h5-6H,1-4,8H2,(H,9,10);1-2,4,6H,3,7H2,(H2,8,9,10). The highest BCUT2D eigenvalue weighted by Gasteiger charge is 2.22. The first-order valence-corrected chi connectivity index (χ1v) is 11.0. The van der Waals surface area contributed by atoms with E-state index in [0.717, 1.165) is 23.5 Å². The van der Waals surface area contributed by atoms with E-state index < -0.39 is 25.6 Å². The van der Waals surface area contributed by atoms with Crippen LogP contribution in [-0.4, -0.2) is 44.6 Å². The Labute approximate surface area is 143 Å². The number of thioether (sulfide) groups is 1. The predicted octanol–water partition coefficient (Wildman–Crippen LogP) is 1.47. The number of carboxylic acids is 1. The fourth-order valence-electron chi connectivity index (χ4n) is 2.08. The molecule has 0 aliphatic carbocycles. The van der Waals surface area contributed by atoms with Crippen molar-refractivity contribution in [3.8, 4) is 0 Å². The van der Waals surface area contributed by atoms with Crippen molar-refractivity contribution in [3.63, 3.8) is 0 Å². The summed E-state index contributed by atoms with van der Waals surface area (Å²) in [4.78, 5) is 27.6. The van der Waals surface area contributed by atoms with Crippen LogP contribution in [0.4, 0.5) is 0 Å². The molecule has 3 atom stereocenters. The van der Waals surface area contributed by atoms with Crippen molar-refractivity contribution in [1.29, 1.82) is 0 Å². The summed E-state index contributed by atoms with van der Waals surface area (Å²) in [5.74, 6) is 1.91. The molecule has 0 bridgehead atoms. The fourth-order valence-corrected chi connectivity index (χ4v) is 4.83. The van der Waals surface area contributed by atoms with E-state index >= 15 is 0 Å². The van der Waals surface area contributed by atoms with Crippen molar-refractivity contribution in [2.75, 3.05) is 17.7 Å². The van der Waals surface area contributed by atoms with Crippen LogP contribution < -0.4 is 11.5 Å². The molecule has 1 saturated heterocycles. The van der Waals surface area contributed by atoms with Gasteiger partial charge in [-0.1, -0.05) is 0 Å². The van der Waals surface area contributed by atoms with Gasteiger partial charge in [0.15, 0.2) is 0 Å². The van der Waals surface area contributed by atoms with Crippen molar-refractivity contribution in [2.45, 2.75) is 24.9 Å². The summed E-state index contributed by atoms with van der Waals surface area (Å²) < 4.78 is 10.6. The average Bonchev–Trinajstić information content (AvgIpc) is 3.10. The van der Waals surface area contributed by atoms with Crippen LogP contribution >= 0.6 is 30.7 Å². The minimum absolute atomic E-state index is 0.288. The molecule has 0 spiro atoms. The SMILES string of the molecule is NC(CC1CCSC1)C(=O)O.NC(CP(=O)(O)O)c1ccsc1. The zero-order valence-electron chi connectivity index (χ0n) is 12.6. The van der Waals surface area contributed by atoms with Crippen LogP contribution in [0.5, 0.6) is 0 Å². The summed E-state index contributed by atoms with van der Waals surface area (Å²) in [7, 11) is -3.98. The zero-order chi connectivity index (χ0) is 17.5. The van der Waals surface area contributed by atoms with Gasteiger partial charge in [0.05, 0.1) is 6.16 Å². The third-order valence-electron chi connectivity index (χ3n) is 3.33. The summed E-state index contributed by atoms with van der Waals surface area (Å²) in [5, 5.41) is 12.1. The van der Waals surface area contributed by atoms with E-state index in [1.807, 2.05) is 17.1 Å². The third-order valence-corrected chi connectivity index (χ3v) is 6.14. The summed E-state index contributed by atoms with van der Waals surface area (Å²) >= 11 is 3.35. The number of carbonyl (C=O) groups is 1. The van der Waals surface area contributed by atoms with Crippen molar-refractivity contribution >= 4 is 36.7 Å². The Bertz CT molecular complexity index is 516. The van der Waals surface area contributed by atoms with Crippen LogP contribution in [0.1, 0.15) is 24.4 Å². The van der Waals surface area contributed by atoms with E-state index in [2.05, 4.69) is 0 Å². The lowest BCUT2D eigenvalue weighted by atomic mass is 10.0. The molecule has 3 unspecified atom stereocenters. The maximum absolute atomic E-state index is 10.6. The van der Waals surface area contributed by atoms with Crippen molar-refractivity contribution in [1.82, 2.24) is 0 Å². The minimum atomic E-state index is -3.98. The second kappa shape index (κ2) is 9.78. The molecule has 10 heteroatoms. The second-order valence-electron chi connectivity index (χ2n) is 5.42. The van der Waals surface area contributed by atoms with Crippen molar-refractivity contribution < 1.29 is 24.3 Å². The average molecular weight is 382 g/mol. The highest BCUT2D eigenvalue weighted by molar-refractivity contribution is 7.99. The molecule has 7 nitrogen and oxygen atoms in total. The largest absolute Gasteiger partial charge is 0.480 e. The molecule has 1 aromatic rings. The molecule has 1 aliphatic rings. The summed E-state index contributed by atoms with van der Waals surface area (Å²) in [6.07, 6.45) is 1.48. The van der Waals surface area contributed by atoms with Gasteiger partial charge in [-0.2, -0.15) is 23.1 Å². The Balaban J connectivity index is 0.000000231. The second-order valence-corrected chi connectivity index (χ2v) is 9.04. The van der Waals surface area contributed by atoms with Gasteiger partial charge in [-0.25, -0.2) is 0 Å². The van der Waals surface area contributed by atoms with Crippen LogP contribution in [0, 0.1) is 5.92 Å². The highest BCUT2D eigenvalue weighted by Crippen LogP contribution is 2.38. The van der Waals surface area contributed by atoms with Gasteiger partial charge in [-0.05, 0) is 52.7 Å². The van der Waals surface area contributed by atoms with Gasteiger partial charge >= 0.3 is 13.6 Å². The lowest BCUT2D eigenvalue weighted by Gasteiger charge is -2.10. The summed E-state index contributed by atoms with van der Waals surface area (Å²) in [5.41, 5.74) is 11.7. The molecule has 0 amide bonds.